The number of likely N-dealkylation sites (tertiary alicyclic amines) is 1. The van der Waals surface area contributed by atoms with Gasteiger partial charge in [0, 0.05) is 66.0 Å². The van der Waals surface area contributed by atoms with Gasteiger partial charge in [0.1, 0.15) is 5.76 Å². The van der Waals surface area contributed by atoms with E-state index in [4.69, 9.17) is 4.52 Å². The average molecular weight is 429 g/mol. The van der Waals surface area contributed by atoms with Crippen LogP contribution >= 0.6 is 0 Å². The topological polar surface area (TPSA) is 75.0 Å². The summed E-state index contributed by atoms with van der Waals surface area (Å²) in [6, 6.07) is 12.4. The fraction of sp³-hybridized carbons (Fsp3) is 0.346. The monoisotopic (exact) mass is 428 g/mol. The van der Waals surface area contributed by atoms with Crippen LogP contribution in [0.1, 0.15) is 59.6 Å². The Balaban J connectivity index is 1.49. The number of hydrogen-bond donors (Lipinski definition) is 1. The number of benzene rings is 1. The van der Waals surface area contributed by atoms with Crippen molar-refractivity contribution in [2.45, 2.75) is 45.4 Å². The van der Waals surface area contributed by atoms with E-state index in [1.807, 2.05) is 17.3 Å². The minimum absolute atomic E-state index is 0.0433. The van der Waals surface area contributed by atoms with Gasteiger partial charge >= 0.3 is 0 Å². The van der Waals surface area contributed by atoms with Crippen molar-refractivity contribution in [1.82, 2.24) is 20.0 Å². The van der Waals surface area contributed by atoms with Gasteiger partial charge in [0.05, 0.1) is 0 Å². The predicted octanol–water partition coefficient (Wildman–Crippen LogP) is 5.50. The number of H-pyrrole nitrogens is 1. The molecule has 4 heterocycles. The van der Waals surface area contributed by atoms with Crippen LogP contribution in [-0.4, -0.2) is 39.0 Å². The molecule has 6 heteroatoms. The minimum atomic E-state index is -0.0433. The number of carbonyl (C=O) groups is 1. The van der Waals surface area contributed by atoms with Crippen molar-refractivity contribution in [1.29, 1.82) is 0 Å². The molecular formula is C26H28N4O2. The number of fused-ring (bicyclic) bond motifs is 1. The lowest BCUT2D eigenvalue weighted by Gasteiger charge is -2.32. The van der Waals surface area contributed by atoms with E-state index in [9.17, 15) is 4.79 Å². The molecule has 1 amide bonds. The minimum Gasteiger partial charge on any atom is -0.361 e. The summed E-state index contributed by atoms with van der Waals surface area (Å²) in [5, 5.41) is 5.25. The predicted molar refractivity (Wildman–Crippen MR) is 125 cm³/mol. The normalized spacial score (nSPS) is 16.6. The number of aromatic nitrogens is 3. The Labute approximate surface area is 187 Å². The Morgan fingerprint density at radius 1 is 1.22 bits per heavy atom. The highest BCUT2D eigenvalue weighted by Crippen LogP contribution is 2.39. The largest absolute Gasteiger partial charge is 0.361 e. The van der Waals surface area contributed by atoms with Crippen molar-refractivity contribution in [3.63, 3.8) is 0 Å². The second-order valence-corrected chi connectivity index (χ2v) is 8.72. The van der Waals surface area contributed by atoms with Crippen molar-refractivity contribution in [2.75, 3.05) is 13.1 Å². The van der Waals surface area contributed by atoms with E-state index in [2.05, 4.69) is 59.3 Å². The SMILES string of the molecule is CCCc1cc(C(=O)N2CCCC(c3[nH]c4ccc(C)cc4c3-c3ccncc3)C2)no1. The molecule has 1 saturated heterocycles. The van der Waals surface area contributed by atoms with Crippen molar-refractivity contribution in [2.24, 2.45) is 0 Å². The van der Waals surface area contributed by atoms with Gasteiger partial charge in [-0.1, -0.05) is 23.7 Å². The van der Waals surface area contributed by atoms with Crippen molar-refractivity contribution >= 4 is 16.8 Å². The zero-order valence-electron chi connectivity index (χ0n) is 18.6. The Kier molecular flexibility index (Phi) is 5.52. The molecule has 0 spiro atoms. The number of nitrogens with zero attached hydrogens (tertiary/aromatic N) is 3. The van der Waals surface area contributed by atoms with E-state index in [0.717, 1.165) is 49.1 Å². The first-order valence-electron chi connectivity index (χ1n) is 11.4. The summed E-state index contributed by atoms with van der Waals surface area (Å²) >= 11 is 0. The van der Waals surface area contributed by atoms with E-state index in [1.165, 1.54) is 22.2 Å². The molecule has 4 aromatic rings. The van der Waals surface area contributed by atoms with Gasteiger partial charge in [0.2, 0.25) is 0 Å². The van der Waals surface area contributed by atoms with Crippen LogP contribution in [0.3, 0.4) is 0 Å². The lowest BCUT2D eigenvalue weighted by molar-refractivity contribution is 0.0695. The van der Waals surface area contributed by atoms with E-state index in [1.54, 1.807) is 6.07 Å². The first-order valence-corrected chi connectivity index (χ1v) is 11.4. The van der Waals surface area contributed by atoms with Gasteiger partial charge in [-0.3, -0.25) is 9.78 Å². The summed E-state index contributed by atoms with van der Waals surface area (Å²) in [7, 11) is 0. The fourth-order valence-corrected chi connectivity index (χ4v) is 4.80. The van der Waals surface area contributed by atoms with Gasteiger partial charge in [0.25, 0.3) is 5.91 Å². The first kappa shape index (κ1) is 20.5. The summed E-state index contributed by atoms with van der Waals surface area (Å²) < 4.78 is 5.35. The molecule has 5 rings (SSSR count). The second kappa shape index (κ2) is 8.61. The third-order valence-electron chi connectivity index (χ3n) is 6.34. The third kappa shape index (κ3) is 3.81. The second-order valence-electron chi connectivity index (χ2n) is 8.72. The molecule has 1 aliphatic heterocycles. The van der Waals surface area contributed by atoms with Crippen molar-refractivity contribution in [3.8, 4) is 11.1 Å². The van der Waals surface area contributed by atoms with Crippen LogP contribution in [0.5, 0.6) is 0 Å². The molecule has 1 atom stereocenters. The Morgan fingerprint density at radius 2 is 2.06 bits per heavy atom. The molecule has 164 valence electrons. The molecule has 6 nitrogen and oxygen atoms in total. The Morgan fingerprint density at radius 3 is 2.88 bits per heavy atom. The van der Waals surface area contributed by atoms with Gasteiger partial charge in [-0.15, -0.1) is 0 Å². The van der Waals surface area contributed by atoms with Crippen LogP contribution in [0.4, 0.5) is 0 Å². The molecule has 1 unspecified atom stereocenters. The third-order valence-corrected chi connectivity index (χ3v) is 6.34. The summed E-state index contributed by atoms with van der Waals surface area (Å²) in [5.41, 5.74) is 6.33. The zero-order chi connectivity index (χ0) is 22.1. The molecule has 1 fully saturated rings. The quantitative estimate of drug-likeness (QED) is 0.455. The Hall–Kier alpha value is -3.41. The molecule has 32 heavy (non-hydrogen) atoms. The lowest BCUT2D eigenvalue weighted by Crippen LogP contribution is -2.39. The molecule has 1 aliphatic rings. The number of rotatable bonds is 5. The van der Waals surface area contributed by atoms with Crippen LogP contribution in [-0.2, 0) is 6.42 Å². The summed E-state index contributed by atoms with van der Waals surface area (Å²) in [6.07, 6.45) is 7.43. The van der Waals surface area contributed by atoms with Crippen LogP contribution in [0.25, 0.3) is 22.0 Å². The number of aryl methyl sites for hydroxylation is 2. The number of aromatic amines is 1. The molecule has 1 aromatic carbocycles. The number of carbonyl (C=O) groups excluding carboxylic acids is 1. The van der Waals surface area contributed by atoms with E-state index in [-0.39, 0.29) is 11.8 Å². The average Bonchev–Trinajstić information content (AvgIpc) is 3.44. The lowest BCUT2D eigenvalue weighted by atomic mass is 9.89. The number of pyridine rings is 1. The highest BCUT2D eigenvalue weighted by atomic mass is 16.5. The van der Waals surface area contributed by atoms with Gasteiger partial charge < -0.3 is 14.4 Å². The fourth-order valence-electron chi connectivity index (χ4n) is 4.80. The van der Waals surface area contributed by atoms with Crippen LogP contribution < -0.4 is 0 Å². The maximum Gasteiger partial charge on any atom is 0.276 e. The van der Waals surface area contributed by atoms with E-state index in [0.29, 0.717) is 12.2 Å². The van der Waals surface area contributed by atoms with Crippen LogP contribution in [0.2, 0.25) is 0 Å². The van der Waals surface area contributed by atoms with Gasteiger partial charge in [-0.2, -0.15) is 0 Å². The molecular weight excluding hydrogens is 400 g/mol. The number of piperidine rings is 1. The maximum atomic E-state index is 13.2. The van der Waals surface area contributed by atoms with Gasteiger partial charge in [-0.05, 0) is 56.0 Å². The molecule has 0 bridgehead atoms. The smallest absolute Gasteiger partial charge is 0.276 e. The summed E-state index contributed by atoms with van der Waals surface area (Å²) in [5.74, 6) is 0.958. The molecule has 3 aromatic heterocycles. The number of amides is 1. The molecule has 0 aliphatic carbocycles. The Bertz CT molecular complexity index is 1240. The van der Waals surface area contributed by atoms with Gasteiger partial charge in [0.15, 0.2) is 5.69 Å². The van der Waals surface area contributed by atoms with Crippen molar-refractivity contribution < 1.29 is 9.32 Å². The van der Waals surface area contributed by atoms with E-state index >= 15 is 0 Å². The van der Waals surface area contributed by atoms with Crippen LogP contribution in [0, 0.1) is 6.92 Å². The summed E-state index contributed by atoms with van der Waals surface area (Å²) in [6.45, 7) is 5.61. The summed E-state index contributed by atoms with van der Waals surface area (Å²) in [4.78, 5) is 23.0. The highest BCUT2D eigenvalue weighted by Gasteiger charge is 2.30. The molecule has 0 saturated carbocycles. The standard InChI is InChI=1S/C26H28N4O2/c1-3-5-20-15-23(29-32-20)26(31)30-13-4-6-19(16-30)25-24(18-9-11-27-12-10-18)21-14-17(2)7-8-22(21)28-25/h7-12,14-15,19,28H,3-6,13,16H2,1-2H3. The van der Waals surface area contributed by atoms with E-state index < -0.39 is 0 Å². The molecule has 1 N–H and O–H groups in total. The number of nitrogens with one attached hydrogen (secondary N) is 1. The molecule has 0 radical (unpaired) electrons. The van der Waals surface area contributed by atoms with Crippen LogP contribution in [0.15, 0.2) is 53.3 Å². The zero-order valence-corrected chi connectivity index (χ0v) is 18.6. The highest BCUT2D eigenvalue weighted by molar-refractivity contribution is 5.98. The van der Waals surface area contributed by atoms with Crippen molar-refractivity contribution in [3.05, 3.63) is 71.5 Å². The van der Waals surface area contributed by atoms with Gasteiger partial charge in [-0.25, -0.2) is 0 Å². The first-order chi connectivity index (χ1) is 15.6. The number of hydrogen-bond acceptors (Lipinski definition) is 4. The maximum absolute atomic E-state index is 13.2.